The van der Waals surface area contributed by atoms with Crippen molar-refractivity contribution >= 4 is 11.9 Å². The number of hydrogen-bond donors (Lipinski definition) is 1. The molecule has 120 valence electrons. The summed E-state index contributed by atoms with van der Waals surface area (Å²) in [7, 11) is 0. The molecule has 1 aromatic rings. The monoisotopic (exact) mass is 309 g/mol. The Morgan fingerprint density at radius 2 is 2.18 bits per heavy atom. The van der Waals surface area contributed by atoms with Crippen molar-refractivity contribution < 1.29 is 24.0 Å². The lowest BCUT2D eigenvalue weighted by Gasteiger charge is -2.15. The molecule has 0 radical (unpaired) electrons. The second-order valence-corrected chi connectivity index (χ2v) is 5.97. The summed E-state index contributed by atoms with van der Waals surface area (Å²) in [6.07, 6.45) is 2.15. The van der Waals surface area contributed by atoms with Crippen molar-refractivity contribution in [2.75, 3.05) is 19.7 Å². The normalized spacial score (nSPS) is 24.7. The number of hydrogen-bond acceptors (Lipinski definition) is 6. The van der Waals surface area contributed by atoms with Gasteiger partial charge in [0.25, 0.3) is 5.89 Å². The van der Waals surface area contributed by atoms with Crippen LogP contribution in [-0.4, -0.2) is 51.7 Å². The van der Waals surface area contributed by atoms with Crippen LogP contribution in [0.25, 0.3) is 0 Å². The zero-order valence-corrected chi connectivity index (χ0v) is 12.4. The summed E-state index contributed by atoms with van der Waals surface area (Å²) in [5, 5.41) is 12.9. The Morgan fingerprint density at radius 1 is 1.41 bits per heavy atom. The summed E-state index contributed by atoms with van der Waals surface area (Å²) >= 11 is 0. The molecule has 1 saturated heterocycles. The van der Waals surface area contributed by atoms with Crippen LogP contribution in [0.4, 0.5) is 0 Å². The second kappa shape index (κ2) is 6.04. The van der Waals surface area contributed by atoms with Crippen LogP contribution in [0.3, 0.4) is 0 Å². The molecule has 8 nitrogen and oxygen atoms in total. The molecule has 2 fully saturated rings. The molecule has 0 unspecified atom stereocenters. The Hall–Kier alpha value is -1.96. The van der Waals surface area contributed by atoms with E-state index in [9.17, 15) is 14.7 Å². The van der Waals surface area contributed by atoms with Gasteiger partial charge in [-0.05, 0) is 31.6 Å². The molecular formula is C14H19N3O5. The van der Waals surface area contributed by atoms with E-state index in [1.807, 2.05) is 0 Å². The Labute approximate surface area is 127 Å². The van der Waals surface area contributed by atoms with Crippen molar-refractivity contribution in [3.8, 4) is 0 Å². The Bertz CT molecular complexity index is 569. The zero-order chi connectivity index (χ0) is 15.7. The number of rotatable bonds is 6. The van der Waals surface area contributed by atoms with Gasteiger partial charge in [0.1, 0.15) is 13.2 Å². The number of carbonyl (C=O) groups excluding carboxylic acids is 1. The summed E-state index contributed by atoms with van der Waals surface area (Å²) in [6.45, 7) is 2.47. The van der Waals surface area contributed by atoms with Crippen molar-refractivity contribution in [2.24, 2.45) is 17.8 Å². The highest BCUT2D eigenvalue weighted by Gasteiger charge is 2.46. The number of amides is 1. The number of ether oxygens (including phenoxy) is 1. The maximum Gasteiger partial charge on any atom is 0.308 e. The van der Waals surface area contributed by atoms with Gasteiger partial charge < -0.3 is 19.3 Å². The highest BCUT2D eigenvalue weighted by atomic mass is 16.5. The first kappa shape index (κ1) is 15.0. The van der Waals surface area contributed by atoms with Crippen molar-refractivity contribution in [3.05, 3.63) is 11.7 Å². The van der Waals surface area contributed by atoms with Crippen LogP contribution >= 0.6 is 0 Å². The summed E-state index contributed by atoms with van der Waals surface area (Å²) in [5.74, 6) is -0.0663. The molecule has 2 heterocycles. The van der Waals surface area contributed by atoms with Gasteiger partial charge in [0.15, 0.2) is 5.82 Å². The Kier molecular flexibility index (Phi) is 4.10. The number of nitrogens with zero attached hydrogens (tertiary/aromatic N) is 3. The molecule has 1 aliphatic carbocycles. The quantitative estimate of drug-likeness (QED) is 0.813. The van der Waals surface area contributed by atoms with E-state index >= 15 is 0 Å². The average Bonchev–Trinajstić information content (AvgIpc) is 3.08. The van der Waals surface area contributed by atoms with Crippen LogP contribution in [0.15, 0.2) is 4.52 Å². The standard InChI is InChI=1S/C14H19N3O5/c1-8-15-12(22-16-8)6-21-7-13(18)17-4-10(9-2-3-9)11(5-17)14(19)20/h9-11H,2-7H2,1H3,(H,19,20)/t10-,11+/m1/s1. The van der Waals surface area contributed by atoms with E-state index in [2.05, 4.69) is 10.1 Å². The molecule has 1 aromatic heterocycles. The van der Waals surface area contributed by atoms with E-state index in [0.29, 0.717) is 24.2 Å². The molecule has 1 saturated carbocycles. The maximum atomic E-state index is 12.1. The van der Waals surface area contributed by atoms with Gasteiger partial charge in [-0.2, -0.15) is 4.98 Å². The number of carboxylic acids is 1. The number of carbonyl (C=O) groups is 2. The van der Waals surface area contributed by atoms with E-state index in [-0.39, 0.29) is 31.6 Å². The summed E-state index contributed by atoms with van der Waals surface area (Å²) < 4.78 is 10.2. The van der Waals surface area contributed by atoms with Gasteiger partial charge in [0.05, 0.1) is 5.92 Å². The fourth-order valence-electron chi connectivity index (χ4n) is 3.01. The van der Waals surface area contributed by atoms with E-state index in [1.54, 1.807) is 11.8 Å². The van der Waals surface area contributed by atoms with Crippen molar-refractivity contribution in [3.63, 3.8) is 0 Å². The minimum absolute atomic E-state index is 0.0782. The molecule has 0 aromatic carbocycles. The smallest absolute Gasteiger partial charge is 0.308 e. The largest absolute Gasteiger partial charge is 0.481 e. The third-order valence-electron chi connectivity index (χ3n) is 4.28. The van der Waals surface area contributed by atoms with Crippen molar-refractivity contribution in [2.45, 2.75) is 26.4 Å². The van der Waals surface area contributed by atoms with Gasteiger partial charge in [-0.1, -0.05) is 5.16 Å². The van der Waals surface area contributed by atoms with E-state index in [0.717, 1.165) is 12.8 Å². The fraction of sp³-hybridized carbons (Fsp3) is 0.714. The highest BCUT2D eigenvalue weighted by Crippen LogP contribution is 2.44. The molecule has 1 amide bonds. The third-order valence-corrected chi connectivity index (χ3v) is 4.28. The van der Waals surface area contributed by atoms with E-state index in [1.165, 1.54) is 0 Å². The van der Waals surface area contributed by atoms with Crippen molar-refractivity contribution in [1.29, 1.82) is 0 Å². The Balaban J connectivity index is 1.49. The van der Waals surface area contributed by atoms with Crippen LogP contribution in [0.2, 0.25) is 0 Å². The van der Waals surface area contributed by atoms with Crippen LogP contribution in [0.5, 0.6) is 0 Å². The van der Waals surface area contributed by atoms with E-state index in [4.69, 9.17) is 9.26 Å². The van der Waals surface area contributed by atoms with Gasteiger partial charge in [-0.3, -0.25) is 9.59 Å². The number of carboxylic acid groups (broad SMARTS) is 1. The fourth-order valence-corrected chi connectivity index (χ4v) is 3.01. The lowest BCUT2D eigenvalue weighted by atomic mass is 9.92. The minimum Gasteiger partial charge on any atom is -0.481 e. The van der Waals surface area contributed by atoms with Gasteiger partial charge in [-0.25, -0.2) is 0 Å². The van der Waals surface area contributed by atoms with Gasteiger partial charge >= 0.3 is 5.97 Å². The zero-order valence-electron chi connectivity index (χ0n) is 12.4. The predicted octanol–water partition coefficient (Wildman–Crippen LogP) is 0.464. The Morgan fingerprint density at radius 3 is 2.77 bits per heavy atom. The van der Waals surface area contributed by atoms with Crippen LogP contribution in [0.1, 0.15) is 24.6 Å². The molecule has 0 spiro atoms. The SMILES string of the molecule is Cc1noc(COCC(=O)N2C[C@H](C(=O)O)[C@@H](C3CC3)C2)n1. The molecule has 1 aliphatic heterocycles. The molecule has 22 heavy (non-hydrogen) atoms. The number of likely N-dealkylation sites (tertiary alicyclic amines) is 1. The predicted molar refractivity (Wildman–Crippen MR) is 72.6 cm³/mol. The first-order chi connectivity index (χ1) is 10.5. The van der Waals surface area contributed by atoms with Crippen LogP contribution in [-0.2, 0) is 20.9 Å². The average molecular weight is 309 g/mol. The second-order valence-electron chi connectivity index (χ2n) is 5.97. The van der Waals surface area contributed by atoms with Gasteiger partial charge in [-0.15, -0.1) is 0 Å². The number of aliphatic carboxylic acids is 1. The lowest BCUT2D eigenvalue weighted by Crippen LogP contribution is -2.33. The topological polar surface area (TPSA) is 106 Å². The molecule has 2 atom stereocenters. The molecule has 8 heteroatoms. The lowest BCUT2D eigenvalue weighted by molar-refractivity contribution is -0.143. The molecule has 0 bridgehead atoms. The molecular weight excluding hydrogens is 290 g/mol. The molecule has 1 N–H and O–H groups in total. The highest BCUT2D eigenvalue weighted by molar-refractivity contribution is 5.80. The summed E-state index contributed by atoms with van der Waals surface area (Å²) in [5.41, 5.74) is 0. The van der Waals surface area contributed by atoms with E-state index < -0.39 is 11.9 Å². The van der Waals surface area contributed by atoms with Crippen LogP contribution in [0, 0.1) is 24.7 Å². The third kappa shape index (κ3) is 3.27. The summed E-state index contributed by atoms with van der Waals surface area (Å²) in [6, 6.07) is 0. The van der Waals surface area contributed by atoms with Gasteiger partial charge in [0, 0.05) is 13.1 Å². The van der Waals surface area contributed by atoms with Gasteiger partial charge in [0.2, 0.25) is 5.91 Å². The summed E-state index contributed by atoms with van der Waals surface area (Å²) in [4.78, 5) is 29.0. The first-order valence-corrected chi connectivity index (χ1v) is 7.42. The number of aromatic nitrogens is 2. The van der Waals surface area contributed by atoms with Crippen LogP contribution < -0.4 is 0 Å². The first-order valence-electron chi connectivity index (χ1n) is 7.42. The van der Waals surface area contributed by atoms with Crippen molar-refractivity contribution in [1.82, 2.24) is 15.0 Å². The maximum absolute atomic E-state index is 12.1. The molecule has 2 aliphatic rings. The number of aryl methyl sites for hydroxylation is 1. The minimum atomic E-state index is -0.811. The molecule has 3 rings (SSSR count).